The van der Waals surface area contributed by atoms with Crippen molar-refractivity contribution in [3.63, 3.8) is 0 Å². The van der Waals surface area contributed by atoms with Gasteiger partial charge in [-0.05, 0) is 44.5 Å². The van der Waals surface area contributed by atoms with Crippen LogP contribution in [0, 0.1) is 26.6 Å². The Kier molecular flexibility index (Phi) is 3.11. The summed E-state index contributed by atoms with van der Waals surface area (Å²) in [7, 11) is 0. The van der Waals surface area contributed by atoms with Gasteiger partial charge in [-0.1, -0.05) is 11.6 Å². The molecule has 2 nitrogen and oxygen atoms in total. The molecule has 1 heterocycles. The van der Waals surface area contributed by atoms with E-state index in [-0.39, 0.29) is 5.82 Å². The van der Waals surface area contributed by atoms with Gasteiger partial charge in [0.2, 0.25) is 0 Å². The number of nitrogens with zero attached hydrogens (tertiary/aromatic N) is 2. The maximum Gasteiger partial charge on any atom is 0.161 e. The van der Waals surface area contributed by atoms with Crippen molar-refractivity contribution in [2.24, 2.45) is 0 Å². The molecule has 0 unspecified atom stereocenters. The summed E-state index contributed by atoms with van der Waals surface area (Å²) in [5, 5.41) is 0.441. The molecule has 2 rings (SSSR count). The molecule has 4 heteroatoms. The average Bonchev–Trinajstić information content (AvgIpc) is 2.25. The maximum atomic E-state index is 13.0. The molecule has 0 N–H and O–H groups in total. The first-order valence-corrected chi connectivity index (χ1v) is 5.64. The van der Waals surface area contributed by atoms with Crippen molar-refractivity contribution in [2.45, 2.75) is 20.8 Å². The smallest absolute Gasteiger partial charge is 0.161 e. The van der Waals surface area contributed by atoms with E-state index < -0.39 is 0 Å². The first-order valence-electron chi connectivity index (χ1n) is 5.26. The van der Waals surface area contributed by atoms with Gasteiger partial charge in [-0.15, -0.1) is 0 Å². The summed E-state index contributed by atoms with van der Waals surface area (Å²) in [4.78, 5) is 8.60. The van der Waals surface area contributed by atoms with Gasteiger partial charge in [-0.25, -0.2) is 14.4 Å². The van der Waals surface area contributed by atoms with Gasteiger partial charge in [0.15, 0.2) is 5.82 Å². The molecule has 2 aromatic rings. The first-order chi connectivity index (χ1) is 7.99. The van der Waals surface area contributed by atoms with Crippen molar-refractivity contribution >= 4 is 11.6 Å². The monoisotopic (exact) mass is 250 g/mol. The summed E-state index contributed by atoms with van der Waals surface area (Å²) in [5.74, 6) is 0.275. The summed E-state index contributed by atoms with van der Waals surface area (Å²) in [6, 6.07) is 4.53. The van der Waals surface area contributed by atoms with E-state index in [0.29, 0.717) is 11.0 Å². The standard InChI is InChI=1S/C13H12ClFN2/c1-7-6-10(15)4-5-11(7)13-16-9(3)8(2)12(14)17-13/h4-6H,1-3H3. The van der Waals surface area contributed by atoms with Gasteiger partial charge in [0.05, 0.1) is 0 Å². The molecule has 0 aliphatic heterocycles. The second-order valence-electron chi connectivity index (χ2n) is 4.01. The van der Waals surface area contributed by atoms with Gasteiger partial charge in [-0.2, -0.15) is 0 Å². The van der Waals surface area contributed by atoms with E-state index in [9.17, 15) is 4.39 Å². The number of aromatic nitrogens is 2. The van der Waals surface area contributed by atoms with Gasteiger partial charge < -0.3 is 0 Å². The van der Waals surface area contributed by atoms with Crippen LogP contribution < -0.4 is 0 Å². The molecule has 1 aromatic carbocycles. The van der Waals surface area contributed by atoms with E-state index in [1.165, 1.54) is 12.1 Å². The molecule has 0 radical (unpaired) electrons. The van der Waals surface area contributed by atoms with Crippen molar-refractivity contribution in [1.29, 1.82) is 0 Å². The molecule has 0 saturated carbocycles. The highest BCUT2D eigenvalue weighted by atomic mass is 35.5. The highest BCUT2D eigenvalue weighted by molar-refractivity contribution is 6.30. The van der Waals surface area contributed by atoms with Crippen LogP contribution >= 0.6 is 11.6 Å². The highest BCUT2D eigenvalue weighted by Crippen LogP contribution is 2.24. The largest absolute Gasteiger partial charge is 0.233 e. The second kappa shape index (κ2) is 4.41. The van der Waals surface area contributed by atoms with Crippen molar-refractivity contribution in [2.75, 3.05) is 0 Å². The van der Waals surface area contributed by atoms with E-state index in [1.807, 2.05) is 20.8 Å². The molecule has 1 aromatic heterocycles. The van der Waals surface area contributed by atoms with E-state index in [4.69, 9.17) is 11.6 Å². The van der Waals surface area contributed by atoms with Crippen LogP contribution in [-0.2, 0) is 0 Å². The van der Waals surface area contributed by atoms with Crippen LogP contribution in [0.4, 0.5) is 4.39 Å². The molecular formula is C13H12ClFN2. The third-order valence-electron chi connectivity index (χ3n) is 2.76. The molecule has 0 aliphatic rings. The molecule has 0 spiro atoms. The second-order valence-corrected chi connectivity index (χ2v) is 4.37. The number of benzene rings is 1. The van der Waals surface area contributed by atoms with Gasteiger partial charge in [0, 0.05) is 16.8 Å². The SMILES string of the molecule is Cc1cc(F)ccc1-c1nc(C)c(C)c(Cl)n1. The van der Waals surface area contributed by atoms with Crippen LogP contribution in [0.5, 0.6) is 0 Å². The minimum atomic E-state index is -0.263. The minimum absolute atomic E-state index is 0.263. The van der Waals surface area contributed by atoms with Crippen molar-refractivity contribution in [3.05, 3.63) is 46.0 Å². The molecule has 17 heavy (non-hydrogen) atoms. The number of rotatable bonds is 1. The summed E-state index contributed by atoms with van der Waals surface area (Å²) >= 11 is 6.03. The highest BCUT2D eigenvalue weighted by Gasteiger charge is 2.10. The molecular weight excluding hydrogens is 239 g/mol. The number of aryl methyl sites for hydroxylation is 2. The van der Waals surface area contributed by atoms with Crippen molar-refractivity contribution in [1.82, 2.24) is 9.97 Å². The molecule has 0 amide bonds. The lowest BCUT2D eigenvalue weighted by atomic mass is 10.1. The normalized spacial score (nSPS) is 10.6. The predicted octanol–water partition coefficient (Wildman–Crippen LogP) is 3.86. The molecule has 0 fully saturated rings. The zero-order valence-electron chi connectivity index (χ0n) is 9.88. The minimum Gasteiger partial charge on any atom is -0.233 e. The summed E-state index contributed by atoms with van der Waals surface area (Å²) in [6.45, 7) is 5.58. The van der Waals surface area contributed by atoms with Crippen LogP contribution in [0.1, 0.15) is 16.8 Å². The van der Waals surface area contributed by atoms with Crippen LogP contribution in [-0.4, -0.2) is 9.97 Å². The Morgan fingerprint density at radius 1 is 1.12 bits per heavy atom. The number of hydrogen-bond acceptors (Lipinski definition) is 2. The van der Waals surface area contributed by atoms with Gasteiger partial charge in [0.1, 0.15) is 11.0 Å². The predicted molar refractivity (Wildman–Crippen MR) is 66.6 cm³/mol. The fourth-order valence-corrected chi connectivity index (χ4v) is 1.81. The van der Waals surface area contributed by atoms with Crippen LogP contribution in [0.3, 0.4) is 0 Å². The van der Waals surface area contributed by atoms with E-state index in [1.54, 1.807) is 6.07 Å². The zero-order valence-corrected chi connectivity index (χ0v) is 10.6. The summed E-state index contributed by atoms with van der Waals surface area (Å²) < 4.78 is 13.0. The Morgan fingerprint density at radius 2 is 1.82 bits per heavy atom. The zero-order chi connectivity index (χ0) is 12.6. The topological polar surface area (TPSA) is 25.8 Å². The van der Waals surface area contributed by atoms with Gasteiger partial charge in [-0.3, -0.25) is 0 Å². The van der Waals surface area contributed by atoms with Crippen molar-refractivity contribution in [3.8, 4) is 11.4 Å². The first kappa shape index (κ1) is 12.0. The lowest BCUT2D eigenvalue weighted by molar-refractivity contribution is 0.627. The van der Waals surface area contributed by atoms with E-state index >= 15 is 0 Å². The maximum absolute atomic E-state index is 13.0. The Labute approximate surface area is 104 Å². The van der Waals surface area contributed by atoms with E-state index in [2.05, 4.69) is 9.97 Å². The van der Waals surface area contributed by atoms with E-state index in [0.717, 1.165) is 22.4 Å². The van der Waals surface area contributed by atoms with Gasteiger partial charge >= 0.3 is 0 Å². The molecule has 88 valence electrons. The van der Waals surface area contributed by atoms with Crippen molar-refractivity contribution < 1.29 is 4.39 Å². The molecule has 0 bridgehead atoms. The third kappa shape index (κ3) is 2.29. The number of halogens is 2. The molecule has 0 atom stereocenters. The quantitative estimate of drug-likeness (QED) is 0.718. The summed E-state index contributed by atoms with van der Waals surface area (Å²) in [6.07, 6.45) is 0. The van der Waals surface area contributed by atoms with Crippen LogP contribution in [0.15, 0.2) is 18.2 Å². The average molecular weight is 251 g/mol. The Balaban J connectivity index is 2.61. The fraction of sp³-hybridized carbons (Fsp3) is 0.231. The third-order valence-corrected chi connectivity index (χ3v) is 3.13. The summed E-state index contributed by atoms with van der Waals surface area (Å²) in [5.41, 5.74) is 3.31. The lowest BCUT2D eigenvalue weighted by Gasteiger charge is -2.08. The molecule has 0 saturated heterocycles. The fourth-order valence-electron chi connectivity index (χ4n) is 1.59. The van der Waals surface area contributed by atoms with Crippen LogP contribution in [0.2, 0.25) is 5.15 Å². The number of hydrogen-bond donors (Lipinski definition) is 0. The lowest BCUT2D eigenvalue weighted by Crippen LogP contribution is -1.98. The van der Waals surface area contributed by atoms with Gasteiger partial charge in [0.25, 0.3) is 0 Å². The Morgan fingerprint density at radius 3 is 2.41 bits per heavy atom. The Hall–Kier alpha value is -1.48. The van der Waals surface area contributed by atoms with Crippen LogP contribution in [0.25, 0.3) is 11.4 Å². The Bertz CT molecular complexity index is 559. The molecule has 0 aliphatic carbocycles.